The summed E-state index contributed by atoms with van der Waals surface area (Å²) in [5.74, 6) is 4.41. The van der Waals surface area contributed by atoms with Crippen LogP contribution in [0.15, 0.2) is 107 Å². The van der Waals surface area contributed by atoms with E-state index in [1.807, 2.05) is 39.7 Å². The minimum Gasteiger partial charge on any atom is -0.491 e. The van der Waals surface area contributed by atoms with Crippen LogP contribution in [0.2, 0.25) is 0 Å². The molecule has 0 radical (unpaired) electrons. The molecule has 0 unspecified atom stereocenters. The number of hydrogen-bond acceptors (Lipinski definition) is 20. The molecule has 0 aliphatic carbocycles. The third-order valence-corrected chi connectivity index (χ3v) is 12.7. The first-order valence-corrected chi connectivity index (χ1v) is 25.1. The van der Waals surface area contributed by atoms with Crippen molar-refractivity contribution < 1.29 is 27.8 Å². The summed E-state index contributed by atoms with van der Waals surface area (Å²) in [5.41, 5.74) is 17.4. The summed E-state index contributed by atoms with van der Waals surface area (Å²) in [6.07, 6.45) is 7.66. The zero-order chi connectivity index (χ0) is 51.5. The third-order valence-electron chi connectivity index (χ3n) is 12.7. The van der Waals surface area contributed by atoms with Crippen molar-refractivity contribution in [2.24, 2.45) is 0 Å². The van der Waals surface area contributed by atoms with Gasteiger partial charge in [-0.05, 0) is 79.2 Å². The second kappa shape index (κ2) is 23.7. The third kappa shape index (κ3) is 11.6. The standard InChI is InChI=1S/C25H29N9O3.C13H13N7O.C13H20N2O2/c1-35-15-16-36-19-6-4-18(5-7-19)32-11-8-31(9-12-32)10-13-33-23-20(17-27-33)24-28-22(21-3-2-14-37-21)30-34(24)25(26)29-23;1-2-5-19-11-8(7-15-19)12-16-10(9-4-3-6-21-9)18-20(12)13(14)17-11;1-16-10-11-17-13-4-2-12(3-5-13)15-8-6-14-7-9-15/h2-7,14,17H,8-13,15-16H2,1H3,(H2,26,29);3-4,6-7H,2,5H2,1H3,(H2,14,17);2-5,14H,6-11H2,1H3. The van der Waals surface area contributed by atoms with Crippen molar-refractivity contribution in [1.29, 1.82) is 0 Å². The lowest BCUT2D eigenvalue weighted by molar-refractivity contribution is 0.146. The lowest BCUT2D eigenvalue weighted by Gasteiger charge is -2.36. The molecule has 24 nitrogen and oxygen atoms in total. The van der Waals surface area contributed by atoms with Crippen LogP contribution >= 0.6 is 0 Å². The molecule has 75 heavy (non-hydrogen) atoms. The Morgan fingerprint density at radius 2 is 1.03 bits per heavy atom. The van der Waals surface area contributed by atoms with E-state index in [0.29, 0.717) is 73.1 Å². The quantitative estimate of drug-likeness (QED) is 0.101. The lowest BCUT2D eigenvalue weighted by atomic mass is 10.2. The van der Waals surface area contributed by atoms with Gasteiger partial charge in [0.1, 0.15) is 24.7 Å². The highest BCUT2D eigenvalue weighted by molar-refractivity contribution is 5.91. The van der Waals surface area contributed by atoms with E-state index in [4.69, 9.17) is 39.2 Å². The smallest absolute Gasteiger partial charge is 0.225 e. The average molecular weight is 1020 g/mol. The number of hydrogen-bond donors (Lipinski definition) is 3. The van der Waals surface area contributed by atoms with Crippen molar-refractivity contribution in [3.8, 4) is 34.7 Å². The van der Waals surface area contributed by atoms with Gasteiger partial charge in [0, 0.05) is 91.0 Å². The SMILES string of the molecule is CCCn1ncc2c1nc(N)n1nc(-c3ccco3)nc21.COCCOc1ccc(N2CCN(CCn3ncc4c3nc(N)n3nc(-c5ccco5)nc43)CC2)cc1.COCCOc1ccc(N2CCNCC2)cc1. The van der Waals surface area contributed by atoms with Crippen molar-refractivity contribution in [1.82, 2.24) is 68.9 Å². The number of ether oxygens (including phenoxy) is 4. The molecule has 8 aromatic heterocycles. The van der Waals surface area contributed by atoms with E-state index in [1.165, 1.54) is 20.4 Å². The maximum atomic E-state index is 6.21. The fourth-order valence-corrected chi connectivity index (χ4v) is 8.85. The zero-order valence-electron chi connectivity index (χ0n) is 42.4. The van der Waals surface area contributed by atoms with Gasteiger partial charge in [-0.25, -0.2) is 19.3 Å². The highest BCUT2D eigenvalue weighted by atomic mass is 16.5. The van der Waals surface area contributed by atoms with E-state index in [1.54, 1.807) is 57.3 Å². The van der Waals surface area contributed by atoms with Crippen LogP contribution in [0.4, 0.5) is 23.3 Å². The zero-order valence-corrected chi connectivity index (χ0v) is 42.4. The summed E-state index contributed by atoms with van der Waals surface area (Å²) in [6, 6.07) is 23.7. The molecule has 2 aromatic carbocycles. The van der Waals surface area contributed by atoms with Gasteiger partial charge >= 0.3 is 0 Å². The molecule has 24 heteroatoms. The number of nitrogen functional groups attached to an aromatic ring is 2. The highest BCUT2D eigenvalue weighted by Gasteiger charge is 2.21. The number of furan rings is 2. The minimum absolute atomic E-state index is 0.262. The maximum absolute atomic E-state index is 6.21. The average Bonchev–Trinajstić information content (AvgIpc) is 4.32. The topological polar surface area (TPSA) is 259 Å². The largest absolute Gasteiger partial charge is 0.491 e. The Labute approximate surface area is 431 Å². The van der Waals surface area contributed by atoms with Crippen LogP contribution in [0.3, 0.4) is 0 Å². The Hall–Kier alpha value is -8.32. The van der Waals surface area contributed by atoms with Crippen molar-refractivity contribution in [2.75, 3.05) is 121 Å². The van der Waals surface area contributed by atoms with Crippen molar-refractivity contribution in [3.05, 3.63) is 97.7 Å². The Bertz CT molecular complexity index is 3360. The van der Waals surface area contributed by atoms with Crippen molar-refractivity contribution >= 4 is 56.6 Å². The van der Waals surface area contributed by atoms with Crippen LogP contribution < -0.4 is 36.1 Å². The van der Waals surface area contributed by atoms with Crippen LogP contribution in [0.25, 0.3) is 56.5 Å². The molecule has 0 saturated carbocycles. The predicted molar refractivity (Wildman–Crippen MR) is 284 cm³/mol. The molecule has 2 aliphatic rings. The number of rotatable bonds is 17. The van der Waals surface area contributed by atoms with Gasteiger partial charge in [0.05, 0.1) is 55.5 Å². The molecule has 0 bridgehead atoms. The number of anilines is 4. The molecule has 0 atom stereocenters. The van der Waals surface area contributed by atoms with Gasteiger partial charge in [0.25, 0.3) is 0 Å². The van der Waals surface area contributed by atoms with Gasteiger partial charge in [0.15, 0.2) is 34.1 Å². The van der Waals surface area contributed by atoms with E-state index in [0.717, 1.165) is 99.8 Å². The van der Waals surface area contributed by atoms with E-state index in [-0.39, 0.29) is 11.9 Å². The van der Waals surface area contributed by atoms with Gasteiger partial charge < -0.3 is 54.4 Å². The molecule has 5 N–H and O–H groups in total. The molecular weight excluding hydrogens is 961 g/mol. The minimum atomic E-state index is 0.262. The van der Waals surface area contributed by atoms with E-state index < -0.39 is 0 Å². The van der Waals surface area contributed by atoms with Gasteiger partial charge in [0.2, 0.25) is 23.5 Å². The maximum Gasteiger partial charge on any atom is 0.225 e. The first-order chi connectivity index (χ1) is 36.9. The van der Waals surface area contributed by atoms with Gasteiger partial charge in [-0.1, -0.05) is 6.92 Å². The van der Waals surface area contributed by atoms with Crippen molar-refractivity contribution in [2.45, 2.75) is 26.4 Å². The molecule has 2 aliphatic heterocycles. The number of nitrogens with two attached hydrogens (primary N) is 2. The number of nitrogens with zero attached hydrogens (tertiary/aromatic N) is 15. The van der Waals surface area contributed by atoms with Crippen molar-refractivity contribution in [3.63, 3.8) is 0 Å². The molecule has 10 aromatic rings. The monoisotopic (exact) mass is 1020 g/mol. The van der Waals surface area contributed by atoms with Gasteiger partial charge in [-0.3, -0.25) is 4.90 Å². The second-order valence-electron chi connectivity index (χ2n) is 17.7. The Morgan fingerprint density at radius 3 is 1.48 bits per heavy atom. The summed E-state index contributed by atoms with van der Waals surface area (Å²) >= 11 is 0. The van der Waals surface area contributed by atoms with Crippen LogP contribution in [0.5, 0.6) is 11.5 Å². The molecule has 12 rings (SSSR count). The number of nitrogens with one attached hydrogen (secondary N) is 1. The van der Waals surface area contributed by atoms with Gasteiger partial charge in [-0.15, -0.1) is 10.2 Å². The number of methoxy groups -OCH3 is 2. The molecule has 10 heterocycles. The first-order valence-electron chi connectivity index (χ1n) is 25.1. The molecule has 2 fully saturated rings. The summed E-state index contributed by atoms with van der Waals surface area (Å²) in [5, 5.41) is 22.7. The van der Waals surface area contributed by atoms with Crippen LogP contribution in [-0.4, -0.2) is 163 Å². The summed E-state index contributed by atoms with van der Waals surface area (Å²) in [4.78, 5) is 25.3. The molecule has 0 spiro atoms. The number of aryl methyl sites for hydroxylation is 1. The molecule has 392 valence electrons. The van der Waals surface area contributed by atoms with E-state index in [2.05, 4.69) is 91.5 Å². The Morgan fingerprint density at radius 1 is 0.547 bits per heavy atom. The fraction of sp³-hybridized carbons (Fsp3) is 0.373. The first kappa shape index (κ1) is 50.2. The summed E-state index contributed by atoms with van der Waals surface area (Å²) < 4.78 is 38.7. The summed E-state index contributed by atoms with van der Waals surface area (Å²) in [6.45, 7) is 14.9. The number of benzene rings is 2. The van der Waals surface area contributed by atoms with Gasteiger partial charge in [-0.2, -0.15) is 29.2 Å². The second-order valence-corrected chi connectivity index (χ2v) is 17.7. The number of piperazine rings is 2. The number of fused-ring (bicyclic) bond motifs is 6. The predicted octanol–water partition coefficient (Wildman–Crippen LogP) is 5.01. The number of aromatic nitrogens is 12. The summed E-state index contributed by atoms with van der Waals surface area (Å²) in [7, 11) is 3.35. The molecular formula is C51H62N18O6. The van der Waals surface area contributed by atoms with Crippen LogP contribution in [0.1, 0.15) is 13.3 Å². The fourth-order valence-electron chi connectivity index (χ4n) is 8.85. The lowest BCUT2D eigenvalue weighted by Crippen LogP contribution is -2.47. The Kier molecular flexibility index (Phi) is 15.9. The molecule has 2 saturated heterocycles. The highest BCUT2D eigenvalue weighted by Crippen LogP contribution is 2.27. The van der Waals surface area contributed by atoms with Crippen LogP contribution in [0, 0.1) is 0 Å². The molecule has 0 amide bonds. The van der Waals surface area contributed by atoms with E-state index >= 15 is 0 Å². The Balaban J connectivity index is 0.000000142. The van der Waals surface area contributed by atoms with Crippen LogP contribution in [-0.2, 0) is 22.6 Å². The normalized spacial score (nSPS) is 14.1. The van der Waals surface area contributed by atoms with E-state index in [9.17, 15) is 0 Å².